The Morgan fingerprint density at radius 1 is 0.808 bits per heavy atom. The van der Waals surface area contributed by atoms with Crippen molar-refractivity contribution in [1.82, 2.24) is 0 Å². The van der Waals surface area contributed by atoms with E-state index in [1.54, 1.807) is 0 Å². The van der Waals surface area contributed by atoms with Crippen molar-refractivity contribution < 1.29 is 21.5 Å². The molecular formula is C24H24BrN. The van der Waals surface area contributed by atoms with Gasteiger partial charge in [0.1, 0.15) is 6.54 Å². The van der Waals surface area contributed by atoms with Crippen LogP contribution in [0.25, 0.3) is 11.1 Å². The topological polar surface area (TPSA) is 3.88 Å². The fourth-order valence-electron chi connectivity index (χ4n) is 2.76. The van der Waals surface area contributed by atoms with E-state index < -0.39 is 0 Å². The van der Waals surface area contributed by atoms with Gasteiger partial charge >= 0.3 is 0 Å². The van der Waals surface area contributed by atoms with Crippen molar-refractivity contribution in [3.63, 3.8) is 0 Å². The Hall–Kier alpha value is -2.37. The van der Waals surface area contributed by atoms with Crippen LogP contribution in [0.1, 0.15) is 29.5 Å². The highest BCUT2D eigenvalue weighted by Gasteiger charge is 2.02. The van der Waals surface area contributed by atoms with Crippen LogP contribution in [0.15, 0.2) is 73.1 Å². The highest BCUT2D eigenvalue weighted by Crippen LogP contribution is 2.18. The minimum atomic E-state index is 0. The van der Waals surface area contributed by atoms with E-state index in [0.29, 0.717) is 0 Å². The van der Waals surface area contributed by atoms with E-state index in [-0.39, 0.29) is 17.0 Å². The number of halogens is 1. The Bertz CT molecular complexity index is 887. The molecular weight excluding hydrogens is 382 g/mol. The molecule has 0 bridgehead atoms. The highest BCUT2D eigenvalue weighted by molar-refractivity contribution is 5.64. The number of benzene rings is 2. The smallest absolute Gasteiger partial charge is 0.171 e. The zero-order valence-electron chi connectivity index (χ0n) is 15.4. The van der Waals surface area contributed by atoms with E-state index in [4.69, 9.17) is 0 Å². The molecule has 0 atom stereocenters. The van der Waals surface area contributed by atoms with Gasteiger partial charge in [0.05, 0.1) is 0 Å². The first-order valence-electron chi connectivity index (χ1n) is 8.83. The van der Waals surface area contributed by atoms with Gasteiger partial charge in [-0.3, -0.25) is 0 Å². The first-order valence-corrected chi connectivity index (χ1v) is 8.83. The van der Waals surface area contributed by atoms with Crippen molar-refractivity contribution in [2.24, 2.45) is 0 Å². The van der Waals surface area contributed by atoms with Crippen molar-refractivity contribution in [3.05, 3.63) is 89.7 Å². The second-order valence-corrected chi connectivity index (χ2v) is 6.40. The normalized spacial score (nSPS) is 9.77. The molecule has 132 valence electrons. The van der Waals surface area contributed by atoms with Crippen molar-refractivity contribution in [2.75, 3.05) is 0 Å². The largest absolute Gasteiger partial charge is 1.00 e. The molecule has 0 amide bonds. The van der Waals surface area contributed by atoms with E-state index in [9.17, 15) is 0 Å². The summed E-state index contributed by atoms with van der Waals surface area (Å²) in [6.07, 6.45) is 6.35. The predicted octanol–water partition coefficient (Wildman–Crippen LogP) is 2.09. The van der Waals surface area contributed by atoms with Crippen LogP contribution in [0.2, 0.25) is 0 Å². The monoisotopic (exact) mass is 405 g/mol. The molecule has 2 aromatic carbocycles. The molecule has 0 N–H and O–H groups in total. The molecule has 1 nitrogen and oxygen atoms in total. The lowest BCUT2D eigenvalue weighted by Crippen LogP contribution is -3.00. The minimum Gasteiger partial charge on any atom is -1.00 e. The molecule has 0 radical (unpaired) electrons. The third-order valence-electron chi connectivity index (χ3n) is 4.44. The lowest BCUT2D eigenvalue weighted by molar-refractivity contribution is -0.697. The van der Waals surface area contributed by atoms with Gasteiger partial charge in [0.15, 0.2) is 12.4 Å². The van der Waals surface area contributed by atoms with Crippen LogP contribution in [0.4, 0.5) is 0 Å². The van der Waals surface area contributed by atoms with Crippen LogP contribution in [0, 0.1) is 25.7 Å². The Morgan fingerprint density at radius 3 is 2.19 bits per heavy atom. The molecule has 1 aromatic heterocycles. The van der Waals surface area contributed by atoms with Crippen LogP contribution in [0.3, 0.4) is 0 Å². The summed E-state index contributed by atoms with van der Waals surface area (Å²) in [5.74, 6) is 6.56. The average Bonchev–Trinajstić information content (AvgIpc) is 2.65. The van der Waals surface area contributed by atoms with Gasteiger partial charge in [-0.1, -0.05) is 54.3 Å². The van der Waals surface area contributed by atoms with E-state index >= 15 is 0 Å². The summed E-state index contributed by atoms with van der Waals surface area (Å²) in [7, 11) is 0. The SMILES string of the molecule is Cc1cc[n+](CCCC#Cc2ccc(-c3ccccc3)cc2)cc1C.[Br-]. The fraction of sp³-hybridized carbons (Fsp3) is 0.208. The Kier molecular flexibility index (Phi) is 7.63. The zero-order valence-corrected chi connectivity index (χ0v) is 17.0. The summed E-state index contributed by atoms with van der Waals surface area (Å²) in [6.45, 7) is 5.32. The van der Waals surface area contributed by atoms with Gasteiger partial charge in [-0.15, -0.1) is 0 Å². The molecule has 0 saturated heterocycles. The molecule has 0 saturated carbocycles. The van der Waals surface area contributed by atoms with E-state index in [1.807, 2.05) is 6.07 Å². The first-order chi connectivity index (χ1) is 12.2. The molecule has 26 heavy (non-hydrogen) atoms. The van der Waals surface area contributed by atoms with Crippen molar-refractivity contribution in [2.45, 2.75) is 33.2 Å². The molecule has 1 heterocycles. The molecule has 0 aliphatic rings. The van der Waals surface area contributed by atoms with Crippen LogP contribution in [-0.2, 0) is 6.54 Å². The summed E-state index contributed by atoms with van der Waals surface area (Å²) < 4.78 is 2.25. The van der Waals surface area contributed by atoms with Crippen molar-refractivity contribution in [1.29, 1.82) is 0 Å². The van der Waals surface area contributed by atoms with Gasteiger partial charge in [-0.25, -0.2) is 4.57 Å². The van der Waals surface area contributed by atoms with Crippen LogP contribution in [-0.4, -0.2) is 0 Å². The molecule has 2 heteroatoms. The van der Waals surface area contributed by atoms with E-state index in [2.05, 4.69) is 97.2 Å². The second kappa shape index (κ2) is 9.94. The van der Waals surface area contributed by atoms with Crippen molar-refractivity contribution >= 4 is 0 Å². The van der Waals surface area contributed by atoms with Gasteiger partial charge in [0, 0.05) is 30.0 Å². The van der Waals surface area contributed by atoms with Gasteiger partial charge in [-0.2, -0.15) is 0 Å². The molecule has 0 aliphatic heterocycles. The van der Waals surface area contributed by atoms with Gasteiger partial charge < -0.3 is 17.0 Å². The maximum Gasteiger partial charge on any atom is 0.171 e. The number of unbranched alkanes of at least 4 members (excludes halogenated alkanes) is 1. The summed E-state index contributed by atoms with van der Waals surface area (Å²) in [5.41, 5.74) is 6.24. The Labute approximate surface area is 167 Å². The van der Waals surface area contributed by atoms with Gasteiger partial charge in [0.2, 0.25) is 0 Å². The molecule has 3 aromatic rings. The number of rotatable bonds is 4. The van der Waals surface area contributed by atoms with Crippen molar-refractivity contribution in [3.8, 4) is 23.0 Å². The lowest BCUT2D eigenvalue weighted by Gasteiger charge is -2.01. The third-order valence-corrected chi connectivity index (χ3v) is 4.44. The van der Waals surface area contributed by atoms with Gasteiger partial charge in [0.25, 0.3) is 0 Å². The summed E-state index contributed by atoms with van der Waals surface area (Å²) >= 11 is 0. The number of pyridine rings is 1. The molecule has 0 spiro atoms. The lowest BCUT2D eigenvalue weighted by atomic mass is 10.0. The predicted molar refractivity (Wildman–Crippen MR) is 104 cm³/mol. The Morgan fingerprint density at radius 2 is 1.50 bits per heavy atom. The number of nitrogens with zero attached hydrogens (tertiary/aromatic N) is 1. The van der Waals surface area contributed by atoms with Crippen LogP contribution >= 0.6 is 0 Å². The first kappa shape index (κ1) is 19.9. The number of hydrogen-bond donors (Lipinski definition) is 0. The number of aromatic nitrogens is 1. The standard InChI is InChI=1S/C24H24N.BrH/c1-20-16-18-25(19-21(20)2)17-8-4-5-9-22-12-14-24(15-13-22)23-10-6-3-7-11-23;/h3,6-7,10-16,18-19H,4,8,17H2,1-2H3;1H/q+1;/p-1. The minimum absolute atomic E-state index is 0. The maximum absolute atomic E-state index is 3.29. The molecule has 0 fully saturated rings. The molecule has 0 aliphatic carbocycles. The zero-order chi connectivity index (χ0) is 17.5. The van der Waals surface area contributed by atoms with Crippen LogP contribution < -0.4 is 21.5 Å². The van der Waals surface area contributed by atoms with E-state index in [1.165, 1.54) is 22.3 Å². The molecule has 3 rings (SSSR count). The average molecular weight is 406 g/mol. The van der Waals surface area contributed by atoms with E-state index in [0.717, 1.165) is 24.9 Å². The highest BCUT2D eigenvalue weighted by atomic mass is 79.9. The number of aryl methyl sites for hydroxylation is 3. The Balaban J connectivity index is 0.00000243. The van der Waals surface area contributed by atoms with Gasteiger partial charge in [-0.05, 0) is 42.7 Å². The summed E-state index contributed by atoms with van der Waals surface area (Å²) in [5, 5.41) is 0. The third kappa shape index (κ3) is 5.58. The second-order valence-electron chi connectivity index (χ2n) is 6.40. The summed E-state index contributed by atoms with van der Waals surface area (Å²) in [6, 6.07) is 21.1. The summed E-state index contributed by atoms with van der Waals surface area (Å²) in [4.78, 5) is 0. The number of hydrogen-bond acceptors (Lipinski definition) is 0. The molecule has 0 unspecified atom stereocenters. The maximum atomic E-state index is 3.29. The van der Waals surface area contributed by atoms with Crippen LogP contribution in [0.5, 0.6) is 0 Å². The fourth-order valence-corrected chi connectivity index (χ4v) is 2.76. The quantitative estimate of drug-likeness (QED) is 0.355.